The molecule has 24 heavy (non-hydrogen) atoms. The van der Waals surface area contributed by atoms with Gasteiger partial charge >= 0.3 is 11.9 Å². The molecular weight excluding hydrogens is 328 g/mol. The Labute approximate surface area is 149 Å². The number of carbonyl (C=O) groups excluding carboxylic acids is 1. The summed E-state index contributed by atoms with van der Waals surface area (Å²) in [5.41, 5.74) is 0.602. The third kappa shape index (κ3) is 6.16. The third-order valence-corrected chi connectivity index (χ3v) is 4.38. The van der Waals surface area contributed by atoms with Crippen molar-refractivity contribution in [1.82, 2.24) is 0 Å². The summed E-state index contributed by atoms with van der Waals surface area (Å²) in [7, 11) is 0. The zero-order valence-electron chi connectivity index (χ0n) is 14.9. The number of unbranched alkanes of at least 4 members (excludes halogenated alkanes) is 1. The third-order valence-electron chi connectivity index (χ3n) is 3.97. The van der Waals surface area contributed by atoms with E-state index in [-0.39, 0.29) is 17.2 Å². The molecule has 1 N–H and O–H groups in total. The molecule has 0 radical (unpaired) electrons. The van der Waals surface area contributed by atoms with Gasteiger partial charge in [0, 0.05) is 5.02 Å². The number of rotatable bonds is 9. The molecule has 0 aliphatic rings. The van der Waals surface area contributed by atoms with Gasteiger partial charge in [-0.15, -0.1) is 0 Å². The topological polar surface area (TPSA) is 63.6 Å². The van der Waals surface area contributed by atoms with Crippen molar-refractivity contribution in [2.75, 3.05) is 0 Å². The summed E-state index contributed by atoms with van der Waals surface area (Å²) in [6, 6.07) is 2.80. The summed E-state index contributed by atoms with van der Waals surface area (Å²) in [5, 5.41) is 9.64. The highest BCUT2D eigenvalue weighted by Crippen LogP contribution is 2.24. The molecule has 0 fully saturated rings. The van der Waals surface area contributed by atoms with Gasteiger partial charge in [-0.1, -0.05) is 45.2 Å². The van der Waals surface area contributed by atoms with Crippen LogP contribution in [0.25, 0.3) is 0 Å². The van der Waals surface area contributed by atoms with Crippen LogP contribution in [-0.2, 0) is 4.74 Å². The fourth-order valence-electron chi connectivity index (χ4n) is 2.46. The van der Waals surface area contributed by atoms with Crippen LogP contribution in [0.4, 0.5) is 0 Å². The highest BCUT2D eigenvalue weighted by atomic mass is 35.5. The number of carboxylic acids is 1. The van der Waals surface area contributed by atoms with E-state index in [1.165, 1.54) is 12.1 Å². The van der Waals surface area contributed by atoms with Crippen molar-refractivity contribution in [2.45, 2.75) is 65.9 Å². The number of carbonyl (C=O) groups is 2. The molecule has 0 aliphatic heterocycles. The first-order valence-electron chi connectivity index (χ1n) is 8.50. The van der Waals surface area contributed by atoms with Gasteiger partial charge in [0.05, 0.1) is 11.1 Å². The molecule has 0 bridgehead atoms. The molecule has 4 nitrogen and oxygen atoms in total. The van der Waals surface area contributed by atoms with Crippen LogP contribution in [0.5, 0.6) is 0 Å². The normalized spacial score (nSPS) is 12.2. The van der Waals surface area contributed by atoms with E-state index in [2.05, 4.69) is 20.8 Å². The average molecular weight is 355 g/mol. The van der Waals surface area contributed by atoms with E-state index >= 15 is 0 Å². The standard InChI is InChI=1S/C19H27ClO4/c1-5-6-7-14(9-8-12(2)3)24-19(23)16-10-13(4)17(20)11-15(16)18(21)22/h10-12,14H,5-9H2,1-4H3,(H,21,22). The zero-order chi connectivity index (χ0) is 18.3. The Hall–Kier alpha value is -1.55. The molecule has 0 amide bonds. The molecule has 0 saturated heterocycles. The van der Waals surface area contributed by atoms with E-state index in [1.54, 1.807) is 6.92 Å². The number of aryl methyl sites for hydroxylation is 1. The van der Waals surface area contributed by atoms with E-state index in [4.69, 9.17) is 16.3 Å². The maximum absolute atomic E-state index is 12.5. The minimum absolute atomic E-state index is 0.0652. The van der Waals surface area contributed by atoms with E-state index in [0.717, 1.165) is 32.1 Å². The molecule has 0 spiro atoms. The lowest BCUT2D eigenvalue weighted by molar-refractivity contribution is 0.0238. The second-order valence-corrected chi connectivity index (χ2v) is 7.00. The van der Waals surface area contributed by atoms with Gasteiger partial charge in [-0.3, -0.25) is 0 Å². The number of carboxylic acid groups (broad SMARTS) is 1. The maximum Gasteiger partial charge on any atom is 0.339 e. The Bertz CT molecular complexity index is 581. The van der Waals surface area contributed by atoms with Gasteiger partial charge in [-0.2, -0.15) is 0 Å². The second-order valence-electron chi connectivity index (χ2n) is 6.59. The van der Waals surface area contributed by atoms with E-state index < -0.39 is 11.9 Å². The van der Waals surface area contributed by atoms with Gasteiger partial charge in [-0.25, -0.2) is 9.59 Å². The largest absolute Gasteiger partial charge is 0.478 e. The lowest BCUT2D eigenvalue weighted by Crippen LogP contribution is -2.21. The Morgan fingerprint density at radius 2 is 1.83 bits per heavy atom. The number of halogens is 1. The summed E-state index contributed by atoms with van der Waals surface area (Å²) in [6.45, 7) is 8.08. The predicted molar refractivity (Wildman–Crippen MR) is 95.9 cm³/mol. The number of hydrogen-bond donors (Lipinski definition) is 1. The van der Waals surface area contributed by atoms with Crippen LogP contribution in [0.2, 0.25) is 5.02 Å². The molecule has 1 aromatic rings. The fraction of sp³-hybridized carbons (Fsp3) is 0.579. The van der Waals surface area contributed by atoms with Crippen molar-refractivity contribution in [2.24, 2.45) is 5.92 Å². The molecule has 0 saturated carbocycles. The van der Waals surface area contributed by atoms with Gasteiger partial charge in [0.25, 0.3) is 0 Å². The van der Waals surface area contributed by atoms with E-state index in [0.29, 0.717) is 16.5 Å². The van der Waals surface area contributed by atoms with Crippen LogP contribution in [0.15, 0.2) is 12.1 Å². The van der Waals surface area contributed by atoms with Gasteiger partial charge < -0.3 is 9.84 Å². The lowest BCUT2D eigenvalue weighted by atomic mass is 10.0. The zero-order valence-corrected chi connectivity index (χ0v) is 15.7. The molecule has 0 heterocycles. The molecule has 1 atom stereocenters. The van der Waals surface area contributed by atoms with Gasteiger partial charge in [0.1, 0.15) is 6.10 Å². The molecule has 0 aliphatic carbocycles. The first-order valence-corrected chi connectivity index (χ1v) is 8.88. The van der Waals surface area contributed by atoms with Gasteiger partial charge in [0.15, 0.2) is 0 Å². The summed E-state index contributed by atoms with van der Waals surface area (Å²) in [4.78, 5) is 23.9. The quantitative estimate of drug-likeness (QED) is 0.595. The molecule has 5 heteroatoms. The Kier molecular flexibility index (Phi) is 8.26. The Morgan fingerprint density at radius 1 is 1.17 bits per heavy atom. The van der Waals surface area contributed by atoms with Crippen molar-refractivity contribution >= 4 is 23.5 Å². The number of esters is 1. The van der Waals surface area contributed by atoms with Crippen molar-refractivity contribution in [3.05, 3.63) is 33.8 Å². The van der Waals surface area contributed by atoms with Crippen LogP contribution in [0, 0.1) is 12.8 Å². The SMILES string of the molecule is CCCCC(CCC(C)C)OC(=O)c1cc(C)c(Cl)cc1C(=O)O. The number of ether oxygens (including phenoxy) is 1. The molecule has 1 unspecified atom stereocenters. The van der Waals surface area contributed by atoms with Crippen molar-refractivity contribution < 1.29 is 19.4 Å². The van der Waals surface area contributed by atoms with Crippen LogP contribution < -0.4 is 0 Å². The highest BCUT2D eigenvalue weighted by Gasteiger charge is 2.22. The summed E-state index contributed by atoms with van der Waals surface area (Å²) >= 11 is 5.98. The first kappa shape index (κ1) is 20.5. The number of hydrogen-bond acceptors (Lipinski definition) is 3. The van der Waals surface area contributed by atoms with Gasteiger partial charge in [-0.05, 0) is 49.8 Å². The second kappa shape index (κ2) is 9.67. The molecule has 134 valence electrons. The lowest BCUT2D eigenvalue weighted by Gasteiger charge is -2.19. The van der Waals surface area contributed by atoms with Crippen molar-refractivity contribution in [3.63, 3.8) is 0 Å². The minimum atomic E-state index is -1.18. The van der Waals surface area contributed by atoms with Gasteiger partial charge in [0.2, 0.25) is 0 Å². The molecule has 1 aromatic carbocycles. The van der Waals surface area contributed by atoms with Crippen molar-refractivity contribution in [1.29, 1.82) is 0 Å². The number of aromatic carboxylic acids is 1. The van der Waals surface area contributed by atoms with Crippen LogP contribution in [0.3, 0.4) is 0 Å². The smallest absolute Gasteiger partial charge is 0.339 e. The summed E-state index contributed by atoms with van der Waals surface area (Å²) < 4.78 is 5.63. The first-order chi connectivity index (χ1) is 11.3. The van der Waals surface area contributed by atoms with E-state index in [9.17, 15) is 14.7 Å². The minimum Gasteiger partial charge on any atom is -0.478 e. The Balaban J connectivity index is 2.97. The maximum atomic E-state index is 12.5. The number of benzene rings is 1. The summed E-state index contributed by atoms with van der Waals surface area (Å²) in [5.74, 6) is -1.24. The van der Waals surface area contributed by atoms with Crippen LogP contribution in [-0.4, -0.2) is 23.1 Å². The van der Waals surface area contributed by atoms with Crippen LogP contribution >= 0.6 is 11.6 Å². The monoisotopic (exact) mass is 354 g/mol. The van der Waals surface area contributed by atoms with Crippen LogP contribution in [0.1, 0.15) is 79.2 Å². The summed E-state index contributed by atoms with van der Waals surface area (Å²) in [6.07, 6.45) is 4.37. The Morgan fingerprint density at radius 3 is 2.38 bits per heavy atom. The van der Waals surface area contributed by atoms with Crippen molar-refractivity contribution in [3.8, 4) is 0 Å². The molecule has 0 aromatic heterocycles. The average Bonchev–Trinajstić information content (AvgIpc) is 2.51. The predicted octanol–water partition coefficient (Wildman–Crippen LogP) is 5.50. The molecule has 1 rings (SSSR count). The highest BCUT2D eigenvalue weighted by molar-refractivity contribution is 6.32. The fourth-order valence-corrected chi connectivity index (χ4v) is 2.62. The molecular formula is C19H27ClO4. The van der Waals surface area contributed by atoms with E-state index in [1.807, 2.05) is 0 Å².